The van der Waals surface area contributed by atoms with Crippen molar-refractivity contribution in [3.05, 3.63) is 29.8 Å². The van der Waals surface area contributed by atoms with Crippen LogP contribution in [0.5, 0.6) is 5.75 Å². The lowest BCUT2D eigenvalue weighted by Gasteiger charge is -2.53. The highest BCUT2D eigenvalue weighted by atomic mass is 16.5. The molecule has 1 aromatic carbocycles. The molecule has 0 heterocycles. The predicted molar refractivity (Wildman–Crippen MR) is 85.4 cm³/mol. The Morgan fingerprint density at radius 2 is 1.85 bits per heavy atom. The second kappa shape index (κ2) is 6.62. The molecule has 0 bridgehead atoms. The van der Waals surface area contributed by atoms with Gasteiger partial charge in [-0.2, -0.15) is 0 Å². The Morgan fingerprint density at radius 1 is 1.15 bits per heavy atom. The Hall–Kier alpha value is -1.02. The molecule has 0 spiro atoms. The van der Waals surface area contributed by atoms with Crippen molar-refractivity contribution in [2.45, 2.75) is 58.9 Å². The highest BCUT2D eigenvalue weighted by Crippen LogP contribution is 2.52. The molecule has 0 aliphatic heterocycles. The molecular weight excluding hydrogens is 246 g/mol. The number of benzene rings is 1. The van der Waals surface area contributed by atoms with E-state index in [1.54, 1.807) is 0 Å². The van der Waals surface area contributed by atoms with Gasteiger partial charge in [0.05, 0.1) is 6.61 Å². The molecular formula is C18H29NO. The first kappa shape index (κ1) is 15.4. The maximum atomic E-state index is 5.66. The zero-order chi connectivity index (χ0) is 14.6. The van der Waals surface area contributed by atoms with Gasteiger partial charge in [0.1, 0.15) is 5.75 Å². The summed E-state index contributed by atoms with van der Waals surface area (Å²) >= 11 is 0. The van der Waals surface area contributed by atoms with Gasteiger partial charge in [0.15, 0.2) is 0 Å². The van der Waals surface area contributed by atoms with Crippen LogP contribution in [0.3, 0.4) is 0 Å². The SMILES string of the molecule is CCCNC1CC(c2ccc(OCCC)cc2)C1(C)C. The Labute approximate surface area is 123 Å². The summed E-state index contributed by atoms with van der Waals surface area (Å²) in [5.41, 5.74) is 1.80. The van der Waals surface area contributed by atoms with E-state index in [1.165, 1.54) is 18.4 Å². The minimum atomic E-state index is 0.348. The largest absolute Gasteiger partial charge is 0.494 e. The molecule has 0 aromatic heterocycles. The average Bonchev–Trinajstić information content (AvgIpc) is 2.45. The van der Waals surface area contributed by atoms with E-state index in [2.05, 4.69) is 57.3 Å². The lowest BCUT2D eigenvalue weighted by molar-refractivity contribution is 0.0694. The van der Waals surface area contributed by atoms with Crippen molar-refractivity contribution >= 4 is 0 Å². The van der Waals surface area contributed by atoms with Crippen molar-refractivity contribution in [2.24, 2.45) is 5.41 Å². The lowest BCUT2D eigenvalue weighted by atomic mass is 9.56. The fourth-order valence-electron chi connectivity index (χ4n) is 3.17. The van der Waals surface area contributed by atoms with Crippen LogP contribution in [-0.2, 0) is 0 Å². The molecule has 1 saturated carbocycles. The summed E-state index contributed by atoms with van der Waals surface area (Å²) in [6.45, 7) is 11.1. The number of hydrogen-bond donors (Lipinski definition) is 1. The van der Waals surface area contributed by atoms with Crippen LogP contribution in [0.25, 0.3) is 0 Å². The van der Waals surface area contributed by atoms with Crippen LogP contribution in [-0.4, -0.2) is 19.2 Å². The second-order valence-corrected chi connectivity index (χ2v) is 6.53. The number of nitrogens with one attached hydrogen (secondary N) is 1. The minimum Gasteiger partial charge on any atom is -0.494 e. The Morgan fingerprint density at radius 3 is 2.40 bits per heavy atom. The molecule has 1 aromatic rings. The molecule has 2 nitrogen and oxygen atoms in total. The van der Waals surface area contributed by atoms with Gasteiger partial charge in [0.2, 0.25) is 0 Å². The third-order valence-corrected chi connectivity index (χ3v) is 4.66. The lowest BCUT2D eigenvalue weighted by Crippen LogP contribution is -2.55. The monoisotopic (exact) mass is 275 g/mol. The third-order valence-electron chi connectivity index (χ3n) is 4.66. The summed E-state index contributed by atoms with van der Waals surface area (Å²) in [4.78, 5) is 0. The Kier molecular flexibility index (Phi) is 5.09. The average molecular weight is 275 g/mol. The summed E-state index contributed by atoms with van der Waals surface area (Å²) in [7, 11) is 0. The van der Waals surface area contributed by atoms with Crippen LogP contribution in [0.2, 0.25) is 0 Å². The molecule has 1 aliphatic rings. The Balaban J connectivity index is 1.95. The van der Waals surface area contributed by atoms with Crippen molar-refractivity contribution < 1.29 is 4.74 Å². The van der Waals surface area contributed by atoms with E-state index in [0.29, 0.717) is 17.4 Å². The van der Waals surface area contributed by atoms with Crippen LogP contribution in [0.4, 0.5) is 0 Å². The molecule has 2 atom stereocenters. The van der Waals surface area contributed by atoms with Crippen molar-refractivity contribution in [1.29, 1.82) is 0 Å². The van der Waals surface area contributed by atoms with Crippen LogP contribution in [0, 0.1) is 5.41 Å². The zero-order valence-corrected chi connectivity index (χ0v) is 13.4. The van der Waals surface area contributed by atoms with Gasteiger partial charge in [-0.1, -0.05) is 39.8 Å². The fraction of sp³-hybridized carbons (Fsp3) is 0.667. The predicted octanol–water partition coefficient (Wildman–Crippen LogP) is 4.36. The number of rotatable bonds is 7. The van der Waals surface area contributed by atoms with Gasteiger partial charge in [-0.05, 0) is 54.8 Å². The summed E-state index contributed by atoms with van der Waals surface area (Å²) in [5.74, 6) is 1.66. The fourth-order valence-corrected chi connectivity index (χ4v) is 3.17. The molecule has 0 saturated heterocycles. The highest BCUT2D eigenvalue weighted by molar-refractivity contribution is 5.33. The van der Waals surface area contributed by atoms with Gasteiger partial charge in [0.25, 0.3) is 0 Å². The summed E-state index contributed by atoms with van der Waals surface area (Å²) in [5, 5.41) is 3.67. The maximum absolute atomic E-state index is 5.66. The zero-order valence-electron chi connectivity index (χ0n) is 13.4. The molecule has 20 heavy (non-hydrogen) atoms. The van der Waals surface area contributed by atoms with Gasteiger partial charge in [0, 0.05) is 6.04 Å². The van der Waals surface area contributed by atoms with E-state index in [1.807, 2.05) is 0 Å². The number of hydrogen-bond acceptors (Lipinski definition) is 2. The topological polar surface area (TPSA) is 21.3 Å². The van der Waals surface area contributed by atoms with Gasteiger partial charge < -0.3 is 10.1 Å². The molecule has 1 aliphatic carbocycles. The van der Waals surface area contributed by atoms with Crippen LogP contribution < -0.4 is 10.1 Å². The molecule has 2 unspecified atom stereocenters. The van der Waals surface area contributed by atoms with E-state index in [-0.39, 0.29) is 0 Å². The first-order chi connectivity index (χ1) is 9.59. The van der Waals surface area contributed by atoms with E-state index < -0.39 is 0 Å². The third kappa shape index (κ3) is 3.17. The molecule has 2 rings (SSSR count). The van der Waals surface area contributed by atoms with Crippen molar-refractivity contribution in [3.8, 4) is 5.75 Å². The molecule has 1 fully saturated rings. The van der Waals surface area contributed by atoms with Crippen molar-refractivity contribution in [3.63, 3.8) is 0 Å². The van der Waals surface area contributed by atoms with E-state index in [0.717, 1.165) is 25.3 Å². The van der Waals surface area contributed by atoms with Gasteiger partial charge in [-0.3, -0.25) is 0 Å². The smallest absolute Gasteiger partial charge is 0.119 e. The molecule has 1 N–H and O–H groups in total. The highest BCUT2D eigenvalue weighted by Gasteiger charge is 2.48. The maximum Gasteiger partial charge on any atom is 0.119 e. The van der Waals surface area contributed by atoms with Gasteiger partial charge in [-0.15, -0.1) is 0 Å². The first-order valence-corrected chi connectivity index (χ1v) is 8.05. The van der Waals surface area contributed by atoms with Crippen molar-refractivity contribution in [1.82, 2.24) is 5.32 Å². The molecule has 0 radical (unpaired) electrons. The van der Waals surface area contributed by atoms with Crippen LogP contribution in [0.15, 0.2) is 24.3 Å². The normalized spacial score (nSPS) is 24.2. The molecule has 112 valence electrons. The standard InChI is InChI=1S/C18H29NO/c1-5-11-19-17-13-16(18(17,3)4)14-7-9-15(10-8-14)20-12-6-2/h7-10,16-17,19H,5-6,11-13H2,1-4H3. The van der Waals surface area contributed by atoms with E-state index >= 15 is 0 Å². The summed E-state index contributed by atoms with van der Waals surface area (Å²) < 4.78 is 5.66. The van der Waals surface area contributed by atoms with Gasteiger partial charge >= 0.3 is 0 Å². The molecule has 2 heteroatoms. The van der Waals surface area contributed by atoms with E-state index in [4.69, 9.17) is 4.74 Å². The van der Waals surface area contributed by atoms with Crippen molar-refractivity contribution in [2.75, 3.05) is 13.2 Å². The minimum absolute atomic E-state index is 0.348. The van der Waals surface area contributed by atoms with Crippen LogP contribution >= 0.6 is 0 Å². The first-order valence-electron chi connectivity index (χ1n) is 8.05. The summed E-state index contributed by atoms with van der Waals surface area (Å²) in [6, 6.07) is 9.38. The van der Waals surface area contributed by atoms with Gasteiger partial charge in [-0.25, -0.2) is 0 Å². The quantitative estimate of drug-likeness (QED) is 0.798. The molecule has 0 amide bonds. The second-order valence-electron chi connectivity index (χ2n) is 6.53. The Bertz CT molecular complexity index is 410. The summed E-state index contributed by atoms with van der Waals surface area (Å²) in [6.07, 6.45) is 3.52. The van der Waals surface area contributed by atoms with E-state index in [9.17, 15) is 0 Å². The number of ether oxygens (including phenoxy) is 1. The van der Waals surface area contributed by atoms with Crippen LogP contribution in [0.1, 0.15) is 58.4 Å².